The molecule has 0 aliphatic carbocycles. The Morgan fingerprint density at radius 3 is 1.95 bits per heavy atom. The van der Waals surface area contributed by atoms with Crippen molar-refractivity contribution >= 4 is 0 Å². The Hall–Kier alpha value is -0.820. The van der Waals surface area contributed by atoms with E-state index in [-0.39, 0.29) is 5.41 Å². The highest BCUT2D eigenvalue weighted by atomic mass is 14.9. The average molecular weight is 290 g/mol. The Kier molecular flexibility index (Phi) is 7.45. The van der Waals surface area contributed by atoms with E-state index in [4.69, 9.17) is 0 Å². The molecule has 0 amide bonds. The molecule has 1 rings (SSSR count). The molecule has 1 atom stereocenters. The summed E-state index contributed by atoms with van der Waals surface area (Å²) in [5, 5.41) is 3.74. The summed E-state index contributed by atoms with van der Waals surface area (Å²) in [7, 11) is 0. The number of nitrogens with one attached hydrogen (secondary N) is 1. The monoisotopic (exact) mass is 289 g/mol. The molecule has 1 nitrogen and oxygen atoms in total. The van der Waals surface area contributed by atoms with Crippen LogP contribution in [-0.4, -0.2) is 6.54 Å². The van der Waals surface area contributed by atoms with Gasteiger partial charge in [0.05, 0.1) is 0 Å². The van der Waals surface area contributed by atoms with Crippen LogP contribution in [0.25, 0.3) is 0 Å². The van der Waals surface area contributed by atoms with Gasteiger partial charge in [-0.2, -0.15) is 0 Å². The van der Waals surface area contributed by atoms with Gasteiger partial charge in [-0.1, -0.05) is 78.6 Å². The minimum absolute atomic E-state index is 0.236. The summed E-state index contributed by atoms with van der Waals surface area (Å²) in [4.78, 5) is 0. The molecule has 0 saturated carbocycles. The quantitative estimate of drug-likeness (QED) is 0.633. The van der Waals surface area contributed by atoms with Gasteiger partial charge in [-0.15, -0.1) is 0 Å². The van der Waals surface area contributed by atoms with Crippen LogP contribution in [0.1, 0.15) is 84.4 Å². The van der Waals surface area contributed by atoms with Crippen LogP contribution in [-0.2, 0) is 5.41 Å². The lowest BCUT2D eigenvalue weighted by atomic mass is 9.85. The smallest absolute Gasteiger partial charge is 0.0322 e. The lowest BCUT2D eigenvalue weighted by molar-refractivity contribution is 0.371. The van der Waals surface area contributed by atoms with Crippen LogP contribution in [0.3, 0.4) is 0 Å². The van der Waals surface area contributed by atoms with Crippen molar-refractivity contribution in [2.45, 2.75) is 78.7 Å². The third kappa shape index (κ3) is 5.82. The Balaban J connectivity index is 2.86. The van der Waals surface area contributed by atoms with Gasteiger partial charge in [-0.05, 0) is 41.8 Å². The largest absolute Gasteiger partial charge is 0.310 e. The van der Waals surface area contributed by atoms with Crippen molar-refractivity contribution in [1.82, 2.24) is 5.32 Å². The molecule has 1 N–H and O–H groups in total. The Bertz CT molecular complexity index is 381. The van der Waals surface area contributed by atoms with E-state index in [0.717, 1.165) is 12.5 Å². The zero-order chi connectivity index (χ0) is 15.9. The highest BCUT2D eigenvalue weighted by Crippen LogP contribution is 2.28. The minimum Gasteiger partial charge on any atom is -0.310 e. The molecular weight excluding hydrogens is 254 g/mol. The maximum Gasteiger partial charge on any atom is 0.0322 e. The van der Waals surface area contributed by atoms with Gasteiger partial charge in [0.1, 0.15) is 0 Å². The Labute approximate surface area is 132 Å². The highest BCUT2D eigenvalue weighted by molar-refractivity contribution is 5.29. The molecular formula is C20H35N. The van der Waals surface area contributed by atoms with Crippen LogP contribution in [0, 0.1) is 5.92 Å². The number of hydrogen-bond donors (Lipinski definition) is 1. The second-order valence-electron chi connectivity index (χ2n) is 7.30. The first kappa shape index (κ1) is 18.2. The molecule has 0 aromatic heterocycles. The molecule has 1 aromatic rings. The Morgan fingerprint density at radius 1 is 0.952 bits per heavy atom. The van der Waals surface area contributed by atoms with E-state index in [9.17, 15) is 0 Å². The van der Waals surface area contributed by atoms with Gasteiger partial charge in [0, 0.05) is 6.04 Å². The van der Waals surface area contributed by atoms with Crippen LogP contribution in [0.15, 0.2) is 24.3 Å². The molecule has 1 aromatic carbocycles. The number of hydrogen-bond acceptors (Lipinski definition) is 1. The predicted octanol–water partition coefficient (Wildman–Crippen LogP) is 5.85. The first-order valence-corrected chi connectivity index (χ1v) is 8.76. The van der Waals surface area contributed by atoms with Gasteiger partial charge in [0.2, 0.25) is 0 Å². The van der Waals surface area contributed by atoms with Gasteiger partial charge < -0.3 is 5.32 Å². The van der Waals surface area contributed by atoms with E-state index in [2.05, 4.69) is 71.1 Å². The molecule has 0 radical (unpaired) electrons. The van der Waals surface area contributed by atoms with Gasteiger partial charge >= 0.3 is 0 Å². The van der Waals surface area contributed by atoms with Crippen LogP contribution >= 0.6 is 0 Å². The van der Waals surface area contributed by atoms with Crippen molar-refractivity contribution < 1.29 is 0 Å². The second-order valence-corrected chi connectivity index (χ2v) is 7.30. The summed E-state index contributed by atoms with van der Waals surface area (Å²) in [6.07, 6.45) is 5.00. The third-order valence-electron chi connectivity index (χ3n) is 4.54. The fourth-order valence-electron chi connectivity index (χ4n) is 2.83. The van der Waals surface area contributed by atoms with E-state index in [0.29, 0.717) is 6.04 Å². The van der Waals surface area contributed by atoms with Crippen molar-refractivity contribution in [1.29, 1.82) is 0 Å². The minimum atomic E-state index is 0.236. The maximum atomic E-state index is 3.74. The summed E-state index contributed by atoms with van der Waals surface area (Å²) in [6.45, 7) is 14.8. The molecule has 0 fully saturated rings. The summed E-state index contributed by atoms with van der Waals surface area (Å²) < 4.78 is 0. The predicted molar refractivity (Wildman–Crippen MR) is 94.9 cm³/mol. The SMILES string of the molecule is CCCNC(CC(CC)CC)c1ccc(C(C)(C)C)cc1. The fraction of sp³-hybridized carbons (Fsp3) is 0.700. The molecule has 1 unspecified atom stereocenters. The van der Waals surface area contributed by atoms with Crippen molar-refractivity contribution in [2.75, 3.05) is 6.54 Å². The van der Waals surface area contributed by atoms with Crippen LogP contribution in [0.4, 0.5) is 0 Å². The first-order chi connectivity index (χ1) is 9.92. The molecule has 0 spiro atoms. The summed E-state index contributed by atoms with van der Waals surface area (Å²) in [5.74, 6) is 0.821. The van der Waals surface area contributed by atoms with Crippen molar-refractivity contribution in [3.05, 3.63) is 35.4 Å². The van der Waals surface area contributed by atoms with E-state index in [1.165, 1.54) is 36.8 Å². The molecule has 0 heterocycles. The lowest BCUT2D eigenvalue weighted by Gasteiger charge is -2.25. The Morgan fingerprint density at radius 2 is 1.52 bits per heavy atom. The van der Waals surface area contributed by atoms with E-state index < -0.39 is 0 Å². The van der Waals surface area contributed by atoms with Gasteiger partial charge in [0.15, 0.2) is 0 Å². The first-order valence-electron chi connectivity index (χ1n) is 8.76. The zero-order valence-corrected chi connectivity index (χ0v) is 15.0. The van der Waals surface area contributed by atoms with Crippen LogP contribution in [0.5, 0.6) is 0 Å². The molecule has 0 bridgehead atoms. The van der Waals surface area contributed by atoms with E-state index in [1.54, 1.807) is 0 Å². The molecule has 0 aliphatic rings. The van der Waals surface area contributed by atoms with Crippen molar-refractivity contribution in [3.8, 4) is 0 Å². The fourth-order valence-corrected chi connectivity index (χ4v) is 2.83. The molecule has 120 valence electrons. The standard InChI is InChI=1S/C20H35N/c1-7-14-21-19(15-16(8-2)9-3)17-10-12-18(13-11-17)20(4,5)6/h10-13,16,19,21H,7-9,14-15H2,1-6H3. The molecule has 0 aliphatic heterocycles. The summed E-state index contributed by atoms with van der Waals surface area (Å²) >= 11 is 0. The zero-order valence-electron chi connectivity index (χ0n) is 15.0. The molecule has 1 heteroatoms. The maximum absolute atomic E-state index is 3.74. The topological polar surface area (TPSA) is 12.0 Å². The lowest BCUT2D eigenvalue weighted by Crippen LogP contribution is -2.24. The number of rotatable bonds is 8. The van der Waals surface area contributed by atoms with Gasteiger partial charge in [-0.3, -0.25) is 0 Å². The van der Waals surface area contributed by atoms with E-state index in [1.807, 2.05) is 0 Å². The van der Waals surface area contributed by atoms with Crippen LogP contribution in [0.2, 0.25) is 0 Å². The van der Waals surface area contributed by atoms with Gasteiger partial charge in [0.25, 0.3) is 0 Å². The highest BCUT2D eigenvalue weighted by Gasteiger charge is 2.17. The van der Waals surface area contributed by atoms with Crippen molar-refractivity contribution in [3.63, 3.8) is 0 Å². The normalized spacial score (nSPS) is 13.7. The molecule has 21 heavy (non-hydrogen) atoms. The van der Waals surface area contributed by atoms with Gasteiger partial charge in [-0.25, -0.2) is 0 Å². The molecule has 0 saturated heterocycles. The summed E-state index contributed by atoms with van der Waals surface area (Å²) in [5.41, 5.74) is 3.10. The average Bonchev–Trinajstić information content (AvgIpc) is 2.47. The third-order valence-corrected chi connectivity index (χ3v) is 4.54. The summed E-state index contributed by atoms with van der Waals surface area (Å²) in [6, 6.07) is 9.78. The second kappa shape index (κ2) is 8.58. The van der Waals surface area contributed by atoms with Crippen LogP contribution < -0.4 is 5.32 Å². The number of benzene rings is 1. The van der Waals surface area contributed by atoms with E-state index >= 15 is 0 Å². The van der Waals surface area contributed by atoms with Crippen molar-refractivity contribution in [2.24, 2.45) is 5.92 Å².